The summed E-state index contributed by atoms with van der Waals surface area (Å²) in [5, 5.41) is 7.93. The zero-order valence-corrected chi connectivity index (χ0v) is 18.7. The molecular weight excluding hydrogens is 420 g/mol. The van der Waals surface area contributed by atoms with Crippen LogP contribution in [0.15, 0.2) is 60.7 Å². The van der Waals surface area contributed by atoms with Crippen LogP contribution in [-0.2, 0) is 18.4 Å². The third-order valence-corrected chi connectivity index (χ3v) is 5.04. The van der Waals surface area contributed by atoms with Gasteiger partial charge in [-0.3, -0.25) is 4.79 Å². The van der Waals surface area contributed by atoms with E-state index in [1.165, 1.54) is 6.07 Å². The van der Waals surface area contributed by atoms with Crippen LogP contribution in [0.2, 0.25) is 0 Å². The maximum absolute atomic E-state index is 12.5. The predicted molar refractivity (Wildman–Crippen MR) is 123 cm³/mol. The fourth-order valence-electron chi connectivity index (χ4n) is 3.52. The van der Waals surface area contributed by atoms with Crippen molar-refractivity contribution < 1.29 is 19.1 Å². The molecule has 0 radical (unpaired) electrons. The first kappa shape index (κ1) is 22.0. The maximum atomic E-state index is 12.5. The van der Waals surface area contributed by atoms with Crippen LogP contribution in [0, 0.1) is 13.8 Å². The molecule has 0 saturated carbocycles. The Kier molecular flexibility index (Phi) is 6.35. The van der Waals surface area contributed by atoms with Crippen molar-refractivity contribution in [1.29, 1.82) is 0 Å². The minimum atomic E-state index is -0.603. The van der Waals surface area contributed by atoms with Crippen LogP contribution in [0.3, 0.4) is 0 Å². The van der Waals surface area contributed by atoms with Crippen LogP contribution >= 0.6 is 0 Å². The number of hydrogen-bond donors (Lipinski definition) is 1. The monoisotopic (exact) mass is 444 g/mol. The number of carbonyl (C=O) groups is 2. The molecule has 8 heteroatoms. The summed E-state index contributed by atoms with van der Waals surface area (Å²) in [6, 6.07) is 18.0. The molecule has 168 valence electrons. The van der Waals surface area contributed by atoms with E-state index in [0.29, 0.717) is 23.6 Å². The molecule has 4 rings (SSSR count). The van der Waals surface area contributed by atoms with Gasteiger partial charge in [-0.05, 0) is 49.2 Å². The summed E-state index contributed by atoms with van der Waals surface area (Å²) in [5.41, 5.74) is 3.91. The third kappa shape index (κ3) is 5.17. The second kappa shape index (κ2) is 9.52. The van der Waals surface area contributed by atoms with E-state index in [9.17, 15) is 9.59 Å². The Hall–Kier alpha value is -4.20. The molecule has 2 aromatic heterocycles. The van der Waals surface area contributed by atoms with Gasteiger partial charge in [0.15, 0.2) is 12.3 Å². The Balaban J connectivity index is 1.37. The molecule has 0 unspecified atom stereocenters. The summed E-state index contributed by atoms with van der Waals surface area (Å²) >= 11 is 0. The van der Waals surface area contributed by atoms with Crippen molar-refractivity contribution in [2.75, 3.05) is 6.61 Å². The number of ether oxygens (including phenoxy) is 2. The van der Waals surface area contributed by atoms with Crippen molar-refractivity contribution in [2.24, 2.45) is 7.05 Å². The summed E-state index contributed by atoms with van der Waals surface area (Å²) < 4.78 is 12.6. The molecule has 0 aliphatic carbocycles. The SMILES string of the molecule is Cc1cc(C)c2c(OCC(=O)Oc3cccc(C(=O)NCc4ccccc4)c3)nn(C)c2n1. The van der Waals surface area contributed by atoms with E-state index in [4.69, 9.17) is 9.47 Å². The molecule has 0 fully saturated rings. The van der Waals surface area contributed by atoms with Gasteiger partial charge in [-0.15, -0.1) is 5.10 Å². The van der Waals surface area contributed by atoms with Gasteiger partial charge in [-0.25, -0.2) is 14.5 Å². The summed E-state index contributed by atoms with van der Waals surface area (Å²) in [6.45, 7) is 3.93. The number of nitrogens with one attached hydrogen (secondary N) is 1. The van der Waals surface area contributed by atoms with Crippen LogP contribution in [0.5, 0.6) is 11.6 Å². The molecule has 1 N–H and O–H groups in total. The highest BCUT2D eigenvalue weighted by atomic mass is 16.6. The molecule has 8 nitrogen and oxygen atoms in total. The normalized spacial score (nSPS) is 10.8. The topological polar surface area (TPSA) is 95.3 Å². The zero-order chi connectivity index (χ0) is 23.4. The number of aromatic nitrogens is 3. The molecule has 33 heavy (non-hydrogen) atoms. The number of esters is 1. The largest absolute Gasteiger partial charge is 0.464 e. The van der Waals surface area contributed by atoms with Crippen molar-refractivity contribution >= 4 is 22.9 Å². The zero-order valence-electron chi connectivity index (χ0n) is 18.7. The van der Waals surface area contributed by atoms with Crippen molar-refractivity contribution in [3.8, 4) is 11.6 Å². The molecule has 1 amide bonds. The smallest absolute Gasteiger partial charge is 0.349 e. The number of fused-ring (bicyclic) bond motifs is 1. The molecule has 2 aromatic carbocycles. The van der Waals surface area contributed by atoms with E-state index in [0.717, 1.165) is 22.2 Å². The van der Waals surface area contributed by atoms with Gasteiger partial charge >= 0.3 is 5.97 Å². The number of hydrogen-bond acceptors (Lipinski definition) is 6. The van der Waals surface area contributed by atoms with E-state index in [1.807, 2.05) is 50.2 Å². The van der Waals surface area contributed by atoms with Crippen molar-refractivity contribution in [3.05, 3.63) is 83.0 Å². The lowest BCUT2D eigenvalue weighted by Gasteiger charge is -2.08. The Bertz CT molecular complexity index is 1310. The number of benzene rings is 2. The Labute approximate surface area is 191 Å². The second-order valence-corrected chi connectivity index (χ2v) is 7.67. The fourth-order valence-corrected chi connectivity index (χ4v) is 3.52. The highest BCUT2D eigenvalue weighted by Gasteiger charge is 2.16. The van der Waals surface area contributed by atoms with Crippen molar-refractivity contribution in [2.45, 2.75) is 20.4 Å². The Morgan fingerprint density at radius 3 is 2.61 bits per heavy atom. The van der Waals surface area contributed by atoms with Gasteiger partial charge in [-0.2, -0.15) is 0 Å². The van der Waals surface area contributed by atoms with Crippen molar-refractivity contribution in [3.63, 3.8) is 0 Å². The van der Waals surface area contributed by atoms with Gasteiger partial charge in [0.2, 0.25) is 5.88 Å². The fraction of sp³-hybridized carbons (Fsp3) is 0.200. The second-order valence-electron chi connectivity index (χ2n) is 7.67. The van der Waals surface area contributed by atoms with Gasteiger partial charge < -0.3 is 14.8 Å². The minimum absolute atomic E-state index is 0.258. The third-order valence-electron chi connectivity index (χ3n) is 5.04. The Morgan fingerprint density at radius 1 is 1.03 bits per heavy atom. The van der Waals surface area contributed by atoms with Crippen molar-refractivity contribution in [1.82, 2.24) is 20.1 Å². The maximum Gasteiger partial charge on any atom is 0.349 e. The average molecular weight is 444 g/mol. The average Bonchev–Trinajstić information content (AvgIpc) is 3.12. The van der Waals surface area contributed by atoms with E-state index in [-0.39, 0.29) is 18.3 Å². The predicted octanol–water partition coefficient (Wildman–Crippen LogP) is 3.50. The summed E-state index contributed by atoms with van der Waals surface area (Å²) in [5.74, 6) is -0.279. The highest BCUT2D eigenvalue weighted by molar-refractivity contribution is 5.94. The van der Waals surface area contributed by atoms with Gasteiger partial charge in [0.1, 0.15) is 5.75 Å². The minimum Gasteiger partial charge on any atom is -0.464 e. The van der Waals surface area contributed by atoms with Gasteiger partial charge in [-0.1, -0.05) is 36.4 Å². The number of pyridine rings is 1. The van der Waals surface area contributed by atoms with Gasteiger partial charge in [0.25, 0.3) is 5.91 Å². The van der Waals surface area contributed by atoms with Crippen LogP contribution in [0.4, 0.5) is 0 Å². The van der Waals surface area contributed by atoms with Gasteiger partial charge in [0.05, 0.1) is 5.39 Å². The number of rotatable bonds is 7. The van der Waals surface area contributed by atoms with Crippen LogP contribution in [0.25, 0.3) is 11.0 Å². The molecule has 0 aliphatic rings. The number of carbonyl (C=O) groups excluding carboxylic acids is 2. The molecule has 0 saturated heterocycles. The van der Waals surface area contributed by atoms with Crippen LogP contribution in [-0.4, -0.2) is 33.2 Å². The quantitative estimate of drug-likeness (QED) is 0.346. The molecule has 0 spiro atoms. The molecule has 0 bridgehead atoms. The summed E-state index contributed by atoms with van der Waals surface area (Å²) in [6.07, 6.45) is 0. The first-order valence-electron chi connectivity index (χ1n) is 10.5. The lowest BCUT2D eigenvalue weighted by Crippen LogP contribution is -2.23. The summed E-state index contributed by atoms with van der Waals surface area (Å²) in [4.78, 5) is 29.3. The molecule has 2 heterocycles. The van der Waals surface area contributed by atoms with E-state index in [2.05, 4.69) is 15.4 Å². The van der Waals surface area contributed by atoms with E-state index < -0.39 is 5.97 Å². The molecule has 4 aromatic rings. The highest BCUT2D eigenvalue weighted by Crippen LogP contribution is 2.27. The number of aryl methyl sites for hydroxylation is 3. The molecule has 0 aliphatic heterocycles. The van der Waals surface area contributed by atoms with Crippen LogP contribution in [0.1, 0.15) is 27.2 Å². The van der Waals surface area contributed by atoms with E-state index in [1.54, 1.807) is 29.9 Å². The van der Waals surface area contributed by atoms with Crippen LogP contribution < -0.4 is 14.8 Å². The first-order chi connectivity index (χ1) is 15.9. The molecular formula is C25H24N4O4. The Morgan fingerprint density at radius 2 is 1.82 bits per heavy atom. The lowest BCUT2D eigenvalue weighted by atomic mass is 10.2. The van der Waals surface area contributed by atoms with Gasteiger partial charge in [0, 0.05) is 24.8 Å². The first-order valence-corrected chi connectivity index (χ1v) is 10.5. The lowest BCUT2D eigenvalue weighted by molar-refractivity contribution is -0.136. The number of nitrogens with zero attached hydrogens (tertiary/aromatic N) is 3. The standard InChI is InChI=1S/C25H24N4O4/c1-16-12-17(2)27-23-22(16)25(28-29(23)3)32-15-21(30)33-20-11-7-10-19(13-20)24(31)26-14-18-8-5-4-6-9-18/h4-13H,14-15H2,1-3H3,(H,26,31). The molecule has 0 atom stereocenters. The summed E-state index contributed by atoms with van der Waals surface area (Å²) in [7, 11) is 1.77. The number of amides is 1. The van der Waals surface area contributed by atoms with E-state index >= 15 is 0 Å².